The maximum atomic E-state index is 11.5. The SMILES string of the molecule is COc1ccc2c(c1)[C@@H]1C[C@@]3(C(N)=O)[C@@H]1[C@H]23. The number of amides is 1. The molecule has 3 aliphatic rings. The van der Waals surface area contributed by atoms with Crippen LogP contribution in [0.3, 0.4) is 0 Å². The van der Waals surface area contributed by atoms with Crippen LogP contribution in [0, 0.1) is 11.3 Å². The molecule has 0 unspecified atom stereocenters. The lowest BCUT2D eigenvalue weighted by Gasteiger charge is -2.35. The van der Waals surface area contributed by atoms with Gasteiger partial charge in [-0.2, -0.15) is 0 Å². The summed E-state index contributed by atoms with van der Waals surface area (Å²) in [4.78, 5) is 11.5. The molecule has 82 valence electrons. The molecule has 4 atom stereocenters. The van der Waals surface area contributed by atoms with Gasteiger partial charge in [0.2, 0.25) is 5.91 Å². The van der Waals surface area contributed by atoms with E-state index in [0.29, 0.717) is 17.8 Å². The minimum absolute atomic E-state index is 0.0970. The molecular weight excluding hydrogens is 202 g/mol. The molecule has 0 spiro atoms. The van der Waals surface area contributed by atoms with E-state index in [1.807, 2.05) is 6.07 Å². The average Bonchev–Trinajstić information content (AvgIpc) is 2.68. The maximum absolute atomic E-state index is 11.5. The molecule has 0 radical (unpaired) electrons. The average molecular weight is 215 g/mol. The molecule has 0 heterocycles. The van der Waals surface area contributed by atoms with Gasteiger partial charge in [0.15, 0.2) is 0 Å². The molecule has 3 nitrogen and oxygen atoms in total. The van der Waals surface area contributed by atoms with Crippen molar-refractivity contribution in [2.24, 2.45) is 17.1 Å². The molecule has 2 fully saturated rings. The Morgan fingerprint density at radius 2 is 2.31 bits per heavy atom. The Morgan fingerprint density at radius 1 is 1.50 bits per heavy atom. The highest BCUT2D eigenvalue weighted by atomic mass is 16.5. The predicted octanol–water partition coefficient (Wildman–Crippen LogP) is 1.38. The first-order valence-electron chi connectivity index (χ1n) is 5.68. The number of methoxy groups -OCH3 is 1. The minimum atomic E-state index is -0.160. The van der Waals surface area contributed by atoms with Gasteiger partial charge in [-0.05, 0) is 41.5 Å². The topological polar surface area (TPSA) is 52.3 Å². The van der Waals surface area contributed by atoms with E-state index in [0.717, 1.165) is 12.2 Å². The molecule has 4 rings (SSSR count). The van der Waals surface area contributed by atoms with Crippen LogP contribution in [0.25, 0.3) is 0 Å². The van der Waals surface area contributed by atoms with E-state index in [-0.39, 0.29) is 11.3 Å². The third-order valence-electron chi connectivity index (χ3n) is 4.88. The number of nitrogens with two attached hydrogens (primary N) is 1. The van der Waals surface area contributed by atoms with Crippen molar-refractivity contribution in [2.75, 3.05) is 7.11 Å². The molecule has 0 bridgehead atoms. The Hall–Kier alpha value is -1.51. The number of rotatable bonds is 2. The first-order valence-corrected chi connectivity index (χ1v) is 5.68. The number of fused-ring (bicyclic) bond motifs is 4. The first kappa shape index (κ1) is 8.62. The lowest BCUT2D eigenvalue weighted by molar-refractivity contribution is -0.126. The van der Waals surface area contributed by atoms with Crippen LogP contribution in [0.5, 0.6) is 5.75 Å². The van der Waals surface area contributed by atoms with Crippen molar-refractivity contribution in [3.63, 3.8) is 0 Å². The monoisotopic (exact) mass is 215 g/mol. The molecule has 0 aromatic heterocycles. The van der Waals surface area contributed by atoms with Crippen LogP contribution in [-0.4, -0.2) is 13.0 Å². The molecule has 3 heteroatoms. The molecule has 3 aliphatic carbocycles. The van der Waals surface area contributed by atoms with Gasteiger partial charge in [0, 0.05) is 5.92 Å². The van der Waals surface area contributed by atoms with E-state index in [1.165, 1.54) is 11.1 Å². The molecule has 1 aromatic carbocycles. The molecular formula is C13H13NO2. The molecule has 1 amide bonds. The van der Waals surface area contributed by atoms with E-state index in [2.05, 4.69) is 12.1 Å². The molecule has 2 saturated carbocycles. The predicted molar refractivity (Wildman–Crippen MR) is 58.2 cm³/mol. The van der Waals surface area contributed by atoms with Gasteiger partial charge in [-0.3, -0.25) is 4.79 Å². The van der Waals surface area contributed by atoms with Crippen molar-refractivity contribution in [3.8, 4) is 5.75 Å². The second-order valence-corrected chi connectivity index (χ2v) is 5.21. The van der Waals surface area contributed by atoms with Crippen molar-refractivity contribution in [1.82, 2.24) is 0 Å². The molecule has 2 N–H and O–H groups in total. The van der Waals surface area contributed by atoms with Crippen molar-refractivity contribution < 1.29 is 9.53 Å². The van der Waals surface area contributed by atoms with Crippen LogP contribution in [0.1, 0.15) is 29.4 Å². The number of primary amides is 1. The quantitative estimate of drug-likeness (QED) is 0.810. The standard InChI is InChI=1S/C13H13NO2/c1-16-6-2-3-7-8(4-6)9-5-13(12(14)15)10(7)11(9)13/h2-4,9-11H,5H2,1H3,(H2,14,15)/t9-,10-,11-,13-/m0/s1. The third-order valence-corrected chi connectivity index (χ3v) is 4.88. The fourth-order valence-electron chi connectivity index (χ4n) is 4.13. The minimum Gasteiger partial charge on any atom is -0.497 e. The fraction of sp³-hybridized carbons (Fsp3) is 0.462. The second-order valence-electron chi connectivity index (χ2n) is 5.21. The van der Waals surface area contributed by atoms with Crippen LogP contribution in [0.2, 0.25) is 0 Å². The van der Waals surface area contributed by atoms with Gasteiger partial charge in [-0.25, -0.2) is 0 Å². The van der Waals surface area contributed by atoms with Crippen molar-refractivity contribution in [2.45, 2.75) is 18.3 Å². The summed E-state index contributed by atoms with van der Waals surface area (Å²) in [6.07, 6.45) is 0.956. The number of carbonyl (C=O) groups excluding carboxylic acids is 1. The van der Waals surface area contributed by atoms with Crippen LogP contribution < -0.4 is 10.5 Å². The normalized spacial score (nSPS) is 40.7. The fourth-order valence-corrected chi connectivity index (χ4v) is 4.13. The lowest BCUT2D eigenvalue weighted by atomic mass is 9.68. The molecule has 0 saturated heterocycles. The van der Waals surface area contributed by atoms with E-state index in [1.54, 1.807) is 7.11 Å². The highest BCUT2D eigenvalue weighted by Crippen LogP contribution is 2.86. The Bertz CT molecular complexity index is 525. The van der Waals surface area contributed by atoms with Crippen LogP contribution in [0.15, 0.2) is 18.2 Å². The second kappa shape index (κ2) is 2.26. The van der Waals surface area contributed by atoms with Gasteiger partial charge in [-0.1, -0.05) is 6.07 Å². The van der Waals surface area contributed by atoms with Crippen LogP contribution >= 0.6 is 0 Å². The summed E-state index contributed by atoms with van der Waals surface area (Å²) in [5, 5.41) is 0. The highest BCUT2D eigenvalue weighted by Gasteiger charge is 2.82. The van der Waals surface area contributed by atoms with E-state index < -0.39 is 0 Å². The van der Waals surface area contributed by atoms with E-state index >= 15 is 0 Å². The number of benzene rings is 1. The summed E-state index contributed by atoms with van der Waals surface area (Å²) in [7, 11) is 1.69. The maximum Gasteiger partial charge on any atom is 0.224 e. The zero-order chi connectivity index (χ0) is 11.1. The van der Waals surface area contributed by atoms with Gasteiger partial charge >= 0.3 is 0 Å². The summed E-state index contributed by atoms with van der Waals surface area (Å²) >= 11 is 0. The molecule has 16 heavy (non-hydrogen) atoms. The summed E-state index contributed by atoms with van der Waals surface area (Å²) in [6.45, 7) is 0. The largest absolute Gasteiger partial charge is 0.497 e. The Kier molecular flexibility index (Phi) is 1.22. The smallest absolute Gasteiger partial charge is 0.224 e. The van der Waals surface area contributed by atoms with E-state index in [4.69, 9.17) is 10.5 Å². The summed E-state index contributed by atoms with van der Waals surface area (Å²) < 4.78 is 5.24. The number of hydrogen-bond acceptors (Lipinski definition) is 2. The lowest BCUT2D eigenvalue weighted by Crippen LogP contribution is -2.38. The molecule has 0 aliphatic heterocycles. The zero-order valence-corrected chi connectivity index (χ0v) is 9.07. The summed E-state index contributed by atoms with van der Waals surface area (Å²) in [5.41, 5.74) is 8.07. The zero-order valence-electron chi connectivity index (χ0n) is 9.07. The van der Waals surface area contributed by atoms with Gasteiger partial charge < -0.3 is 10.5 Å². The van der Waals surface area contributed by atoms with Crippen molar-refractivity contribution >= 4 is 5.91 Å². The van der Waals surface area contributed by atoms with Crippen LogP contribution in [0.4, 0.5) is 0 Å². The van der Waals surface area contributed by atoms with Crippen molar-refractivity contribution in [3.05, 3.63) is 29.3 Å². The number of carbonyl (C=O) groups is 1. The summed E-state index contributed by atoms with van der Waals surface area (Å²) in [6, 6.07) is 6.21. The Labute approximate surface area is 93.6 Å². The Morgan fingerprint density at radius 3 is 3.00 bits per heavy atom. The number of hydrogen-bond donors (Lipinski definition) is 1. The van der Waals surface area contributed by atoms with Crippen LogP contribution in [-0.2, 0) is 4.79 Å². The van der Waals surface area contributed by atoms with Gasteiger partial charge in [0.1, 0.15) is 5.75 Å². The van der Waals surface area contributed by atoms with Gasteiger partial charge in [-0.15, -0.1) is 0 Å². The summed E-state index contributed by atoms with van der Waals surface area (Å²) in [5.74, 6) is 2.29. The van der Waals surface area contributed by atoms with E-state index in [9.17, 15) is 4.79 Å². The third kappa shape index (κ3) is 0.647. The van der Waals surface area contributed by atoms with Crippen molar-refractivity contribution in [1.29, 1.82) is 0 Å². The van der Waals surface area contributed by atoms with Gasteiger partial charge in [0.25, 0.3) is 0 Å². The van der Waals surface area contributed by atoms with Gasteiger partial charge in [0.05, 0.1) is 12.5 Å². The molecule has 1 aromatic rings. The highest BCUT2D eigenvalue weighted by molar-refractivity contribution is 5.91. The Balaban J connectivity index is 1.82. The first-order chi connectivity index (χ1) is 7.70. The number of ether oxygens (including phenoxy) is 1.